The molecule has 98 valence electrons. The van der Waals surface area contributed by atoms with E-state index in [-0.39, 0.29) is 5.78 Å². The number of thioether (sulfide) groups is 2. The van der Waals surface area contributed by atoms with Crippen LogP contribution in [0.1, 0.15) is 17.3 Å². The van der Waals surface area contributed by atoms with Gasteiger partial charge in [-0.1, -0.05) is 28.1 Å². The third kappa shape index (κ3) is 4.07. The highest BCUT2D eigenvalue weighted by atomic mass is 79.9. The van der Waals surface area contributed by atoms with Gasteiger partial charge in [0.05, 0.1) is 10.8 Å². The molecule has 0 aromatic heterocycles. The number of rotatable bonds is 6. The first-order valence-electron chi connectivity index (χ1n) is 5.39. The largest absolute Gasteiger partial charge is 0.488 e. The van der Waals surface area contributed by atoms with E-state index in [0.29, 0.717) is 17.9 Å². The average molecular weight is 347 g/mol. The van der Waals surface area contributed by atoms with Crippen LogP contribution in [0.5, 0.6) is 0 Å². The molecule has 0 bridgehead atoms. The Morgan fingerprint density at radius 3 is 2.50 bits per heavy atom. The molecule has 0 radical (unpaired) electrons. The summed E-state index contributed by atoms with van der Waals surface area (Å²) < 4.78 is 7.31. The van der Waals surface area contributed by atoms with E-state index in [4.69, 9.17) is 4.74 Å². The van der Waals surface area contributed by atoms with Crippen LogP contribution in [-0.2, 0) is 4.74 Å². The number of ether oxygens (including phenoxy) is 1. The van der Waals surface area contributed by atoms with Crippen LogP contribution in [0, 0.1) is 0 Å². The van der Waals surface area contributed by atoms with Crippen molar-refractivity contribution >= 4 is 45.2 Å². The average Bonchev–Trinajstić information content (AvgIpc) is 2.38. The van der Waals surface area contributed by atoms with Crippen molar-refractivity contribution in [2.75, 3.05) is 19.1 Å². The summed E-state index contributed by atoms with van der Waals surface area (Å²) in [7, 11) is 0. The molecule has 0 fully saturated rings. The van der Waals surface area contributed by atoms with Crippen LogP contribution in [-0.4, -0.2) is 24.9 Å². The maximum atomic E-state index is 12.4. The Bertz CT molecular complexity index is 452. The third-order valence-corrected chi connectivity index (χ3v) is 4.74. The van der Waals surface area contributed by atoms with E-state index in [9.17, 15) is 4.79 Å². The fourth-order valence-electron chi connectivity index (χ4n) is 1.39. The molecule has 1 aromatic rings. The summed E-state index contributed by atoms with van der Waals surface area (Å²) in [4.78, 5) is 12.4. The minimum atomic E-state index is -0.0724. The molecule has 5 heteroatoms. The summed E-state index contributed by atoms with van der Waals surface area (Å²) in [6.45, 7) is 2.37. The molecule has 0 amide bonds. The van der Waals surface area contributed by atoms with E-state index < -0.39 is 0 Å². The van der Waals surface area contributed by atoms with E-state index in [1.165, 1.54) is 23.5 Å². The van der Waals surface area contributed by atoms with Crippen LogP contribution in [0.4, 0.5) is 0 Å². The van der Waals surface area contributed by atoms with Crippen molar-refractivity contribution in [2.45, 2.75) is 6.92 Å². The highest BCUT2D eigenvalue weighted by Gasteiger charge is 2.18. The van der Waals surface area contributed by atoms with E-state index in [1.54, 1.807) is 12.1 Å². The van der Waals surface area contributed by atoms with Crippen LogP contribution in [0.25, 0.3) is 0 Å². The maximum absolute atomic E-state index is 12.4. The van der Waals surface area contributed by atoms with Crippen molar-refractivity contribution in [1.29, 1.82) is 0 Å². The van der Waals surface area contributed by atoms with Gasteiger partial charge >= 0.3 is 0 Å². The van der Waals surface area contributed by atoms with Gasteiger partial charge < -0.3 is 4.74 Å². The van der Waals surface area contributed by atoms with Crippen LogP contribution in [0.2, 0.25) is 0 Å². The molecular formula is C13H15BrO2S2. The minimum Gasteiger partial charge on any atom is -0.488 e. The second-order valence-corrected chi connectivity index (χ2v) is 6.10. The number of halogens is 1. The van der Waals surface area contributed by atoms with E-state index in [2.05, 4.69) is 15.9 Å². The summed E-state index contributed by atoms with van der Waals surface area (Å²) >= 11 is 6.43. The van der Waals surface area contributed by atoms with Crippen molar-refractivity contribution in [1.82, 2.24) is 0 Å². The van der Waals surface area contributed by atoms with Gasteiger partial charge in [-0.15, -0.1) is 23.5 Å². The van der Waals surface area contributed by atoms with Crippen molar-refractivity contribution in [3.8, 4) is 0 Å². The first-order valence-corrected chi connectivity index (χ1v) is 8.63. The van der Waals surface area contributed by atoms with Crippen LogP contribution >= 0.6 is 39.5 Å². The van der Waals surface area contributed by atoms with E-state index in [1.807, 2.05) is 31.6 Å². The zero-order valence-electron chi connectivity index (χ0n) is 10.5. The second kappa shape index (κ2) is 7.92. The number of hydrogen-bond acceptors (Lipinski definition) is 4. The lowest BCUT2D eigenvalue weighted by atomic mass is 10.1. The molecule has 1 rings (SSSR count). The van der Waals surface area contributed by atoms with Crippen molar-refractivity contribution in [2.24, 2.45) is 0 Å². The van der Waals surface area contributed by atoms with Gasteiger partial charge in [0.1, 0.15) is 0 Å². The summed E-state index contributed by atoms with van der Waals surface area (Å²) in [5, 5.41) is 0. The van der Waals surface area contributed by atoms with E-state index >= 15 is 0 Å². The molecule has 0 unspecified atom stereocenters. The number of ketones is 1. The van der Waals surface area contributed by atoms with Crippen molar-refractivity contribution < 1.29 is 9.53 Å². The lowest BCUT2D eigenvalue weighted by Crippen LogP contribution is -2.08. The number of carbonyl (C=O) groups is 1. The van der Waals surface area contributed by atoms with Gasteiger partial charge in [0, 0.05) is 10.0 Å². The van der Waals surface area contributed by atoms with E-state index in [0.717, 1.165) is 8.71 Å². The third-order valence-electron chi connectivity index (χ3n) is 2.14. The lowest BCUT2D eigenvalue weighted by Gasteiger charge is -2.11. The van der Waals surface area contributed by atoms with Gasteiger partial charge in [-0.25, -0.2) is 0 Å². The summed E-state index contributed by atoms with van der Waals surface area (Å²) in [6.07, 6.45) is 3.89. The molecule has 0 aliphatic heterocycles. The molecule has 0 aliphatic rings. The van der Waals surface area contributed by atoms with Crippen molar-refractivity contribution in [3.63, 3.8) is 0 Å². The number of benzene rings is 1. The van der Waals surface area contributed by atoms with Crippen LogP contribution in [0.3, 0.4) is 0 Å². The maximum Gasteiger partial charge on any atom is 0.229 e. The Kier molecular flexibility index (Phi) is 6.89. The predicted octanol–water partition coefficient (Wildman–Crippen LogP) is 4.56. The first kappa shape index (κ1) is 15.7. The normalized spacial score (nSPS) is 10.0. The highest BCUT2D eigenvalue weighted by Crippen LogP contribution is 2.30. The molecule has 0 saturated carbocycles. The SMILES string of the molecule is CCOC(C(=O)c1cccc(Br)c1)=C(SC)SC. The predicted molar refractivity (Wildman–Crippen MR) is 84.2 cm³/mol. The Labute approximate surface area is 125 Å². The zero-order valence-corrected chi connectivity index (χ0v) is 13.7. The standard InChI is InChI=1S/C13H15BrO2S2/c1-4-16-12(13(17-2)18-3)11(15)9-6-5-7-10(14)8-9/h5-8H,4H2,1-3H3. The van der Waals surface area contributed by atoms with Gasteiger partial charge in [0.2, 0.25) is 5.78 Å². The smallest absolute Gasteiger partial charge is 0.229 e. The quantitative estimate of drug-likeness (QED) is 0.428. The highest BCUT2D eigenvalue weighted by molar-refractivity contribution is 9.10. The second-order valence-electron chi connectivity index (χ2n) is 3.30. The molecule has 0 spiro atoms. The Morgan fingerprint density at radius 1 is 1.33 bits per heavy atom. The van der Waals surface area contributed by atoms with Gasteiger partial charge in [0.25, 0.3) is 0 Å². The molecule has 0 aliphatic carbocycles. The van der Waals surface area contributed by atoms with Gasteiger partial charge in [-0.2, -0.15) is 0 Å². The van der Waals surface area contributed by atoms with Gasteiger partial charge in [-0.3, -0.25) is 4.79 Å². The summed E-state index contributed by atoms with van der Waals surface area (Å²) in [5.74, 6) is 0.368. The number of Topliss-reactive ketones (excluding diaryl/α,β-unsaturated/α-hetero) is 1. The monoisotopic (exact) mass is 346 g/mol. The Balaban J connectivity index is 3.15. The molecule has 2 nitrogen and oxygen atoms in total. The molecule has 0 saturated heterocycles. The molecule has 0 atom stereocenters. The summed E-state index contributed by atoms with van der Waals surface area (Å²) in [6, 6.07) is 7.34. The number of allylic oxidation sites excluding steroid dienone is 1. The molecule has 1 aromatic carbocycles. The number of hydrogen-bond donors (Lipinski definition) is 0. The fraction of sp³-hybridized carbons (Fsp3) is 0.308. The Hall–Kier alpha value is -0.390. The first-order chi connectivity index (χ1) is 8.63. The topological polar surface area (TPSA) is 26.3 Å². The molecule has 18 heavy (non-hydrogen) atoms. The molecule has 0 heterocycles. The van der Waals surface area contributed by atoms with Crippen LogP contribution < -0.4 is 0 Å². The molecular weight excluding hydrogens is 332 g/mol. The van der Waals surface area contributed by atoms with Gasteiger partial charge in [0.15, 0.2) is 5.76 Å². The minimum absolute atomic E-state index is 0.0724. The fourth-order valence-corrected chi connectivity index (χ4v) is 3.13. The van der Waals surface area contributed by atoms with Crippen molar-refractivity contribution in [3.05, 3.63) is 44.3 Å². The number of carbonyl (C=O) groups excluding carboxylic acids is 1. The molecule has 0 N–H and O–H groups in total. The summed E-state index contributed by atoms with van der Waals surface area (Å²) in [5.41, 5.74) is 0.633. The zero-order chi connectivity index (χ0) is 13.5. The van der Waals surface area contributed by atoms with Crippen LogP contribution in [0.15, 0.2) is 38.7 Å². The van der Waals surface area contributed by atoms with Gasteiger partial charge in [-0.05, 0) is 31.6 Å². The lowest BCUT2D eigenvalue weighted by molar-refractivity contribution is 0.0927. The Morgan fingerprint density at radius 2 is 2.00 bits per heavy atom.